The molecule has 0 rings (SSSR count). The van der Waals surface area contributed by atoms with E-state index < -0.39 is 0 Å². The van der Waals surface area contributed by atoms with E-state index in [4.69, 9.17) is 10.8 Å². The van der Waals surface area contributed by atoms with E-state index >= 15 is 0 Å². The second-order valence-electron chi connectivity index (χ2n) is 1.43. The predicted molar refractivity (Wildman–Crippen MR) is 40.5 cm³/mol. The summed E-state index contributed by atoms with van der Waals surface area (Å²) >= 11 is 0. The average molecular weight is 122 g/mol. The van der Waals surface area contributed by atoms with E-state index in [9.17, 15) is 0 Å². The smallest absolute Gasteiger partial charge is 0.0174 e. The first kappa shape index (κ1) is 7.82. The average Bonchev–Trinajstić information content (AvgIpc) is 1.89. The molecule has 0 saturated heterocycles. The minimum atomic E-state index is 0.796. The number of hydrogen-bond donors (Lipinski definition) is 2. The number of allylic oxidation sites excluding steroid dienone is 4. The summed E-state index contributed by atoms with van der Waals surface area (Å²) in [5, 5.41) is 13.2. The van der Waals surface area contributed by atoms with Crippen LogP contribution in [0.3, 0.4) is 0 Å². The molecule has 0 saturated carbocycles. The van der Waals surface area contributed by atoms with Gasteiger partial charge in [-0.05, 0) is 18.6 Å². The Morgan fingerprint density at radius 3 is 1.67 bits per heavy atom. The standard InChI is InChI=1S/C7H10N2/c8-6-4-2-1-3-5-7-9/h2-9H,1H2/b4-2-,5-3-,8-6?,9-7?. The van der Waals surface area contributed by atoms with Crippen LogP contribution in [0.2, 0.25) is 0 Å². The van der Waals surface area contributed by atoms with E-state index in [0.717, 1.165) is 6.42 Å². The van der Waals surface area contributed by atoms with Gasteiger partial charge in [-0.25, -0.2) is 0 Å². The maximum atomic E-state index is 6.60. The van der Waals surface area contributed by atoms with Crippen LogP contribution >= 0.6 is 0 Å². The Kier molecular flexibility index (Phi) is 5.93. The van der Waals surface area contributed by atoms with Gasteiger partial charge in [0.25, 0.3) is 0 Å². The van der Waals surface area contributed by atoms with Gasteiger partial charge in [0.05, 0.1) is 0 Å². The van der Waals surface area contributed by atoms with Crippen molar-refractivity contribution in [3.05, 3.63) is 24.3 Å². The fourth-order valence-corrected chi connectivity index (χ4v) is 0.372. The topological polar surface area (TPSA) is 47.7 Å². The van der Waals surface area contributed by atoms with Crippen molar-refractivity contribution in [2.24, 2.45) is 0 Å². The molecular weight excluding hydrogens is 112 g/mol. The largest absolute Gasteiger partial charge is 0.309 e. The van der Waals surface area contributed by atoms with Gasteiger partial charge >= 0.3 is 0 Å². The third-order valence-corrected chi connectivity index (χ3v) is 0.737. The lowest BCUT2D eigenvalue weighted by Gasteiger charge is -1.74. The van der Waals surface area contributed by atoms with Gasteiger partial charge in [-0.3, -0.25) is 0 Å². The second kappa shape index (κ2) is 6.82. The lowest BCUT2D eigenvalue weighted by atomic mass is 10.3. The van der Waals surface area contributed by atoms with Gasteiger partial charge in [-0.1, -0.05) is 12.2 Å². The maximum Gasteiger partial charge on any atom is 0.0174 e. The molecule has 0 aromatic heterocycles. The molecule has 0 aliphatic rings. The van der Waals surface area contributed by atoms with Gasteiger partial charge in [-0.2, -0.15) is 0 Å². The molecule has 0 atom stereocenters. The summed E-state index contributed by atoms with van der Waals surface area (Å²) in [6.07, 6.45) is 10.3. The van der Waals surface area contributed by atoms with Gasteiger partial charge in [0.15, 0.2) is 0 Å². The fourth-order valence-electron chi connectivity index (χ4n) is 0.372. The van der Waals surface area contributed by atoms with Crippen molar-refractivity contribution in [1.29, 1.82) is 10.8 Å². The van der Waals surface area contributed by atoms with E-state index in [1.54, 1.807) is 12.2 Å². The minimum absolute atomic E-state index is 0.796. The summed E-state index contributed by atoms with van der Waals surface area (Å²) in [6, 6.07) is 0. The van der Waals surface area contributed by atoms with E-state index in [-0.39, 0.29) is 0 Å². The number of hydrogen-bond acceptors (Lipinski definition) is 2. The molecule has 0 fully saturated rings. The molecule has 0 spiro atoms. The van der Waals surface area contributed by atoms with Crippen LogP contribution in [-0.4, -0.2) is 12.4 Å². The quantitative estimate of drug-likeness (QED) is 0.534. The molecule has 9 heavy (non-hydrogen) atoms. The maximum absolute atomic E-state index is 6.60. The normalized spacial score (nSPS) is 10.7. The van der Waals surface area contributed by atoms with Crippen molar-refractivity contribution < 1.29 is 0 Å². The van der Waals surface area contributed by atoms with Crippen LogP contribution < -0.4 is 0 Å². The first-order chi connectivity index (χ1) is 4.41. The Hall–Kier alpha value is -1.18. The minimum Gasteiger partial charge on any atom is -0.309 e. The monoisotopic (exact) mass is 122 g/mol. The highest BCUT2D eigenvalue weighted by molar-refractivity contribution is 5.68. The summed E-state index contributed by atoms with van der Waals surface area (Å²) in [5.41, 5.74) is 0. The molecule has 0 aliphatic heterocycles. The lowest BCUT2D eigenvalue weighted by molar-refractivity contribution is 1.40. The second-order valence-corrected chi connectivity index (χ2v) is 1.43. The van der Waals surface area contributed by atoms with Gasteiger partial charge in [0.2, 0.25) is 0 Å². The zero-order valence-electron chi connectivity index (χ0n) is 5.17. The molecule has 0 bridgehead atoms. The highest BCUT2D eigenvalue weighted by Gasteiger charge is 1.65. The molecule has 0 radical (unpaired) electrons. The number of nitrogens with one attached hydrogen (secondary N) is 2. The summed E-state index contributed by atoms with van der Waals surface area (Å²) in [6.45, 7) is 0. The summed E-state index contributed by atoms with van der Waals surface area (Å²) in [7, 11) is 0. The van der Waals surface area contributed by atoms with E-state index in [1.165, 1.54) is 12.4 Å². The zero-order chi connectivity index (χ0) is 6.95. The van der Waals surface area contributed by atoms with Crippen molar-refractivity contribution in [1.82, 2.24) is 0 Å². The van der Waals surface area contributed by atoms with Crippen LogP contribution in [0, 0.1) is 10.8 Å². The van der Waals surface area contributed by atoms with Crippen LogP contribution in [0.25, 0.3) is 0 Å². The molecular formula is C7H10N2. The molecule has 2 nitrogen and oxygen atoms in total. The van der Waals surface area contributed by atoms with Gasteiger partial charge < -0.3 is 10.8 Å². The van der Waals surface area contributed by atoms with E-state index in [0.29, 0.717) is 0 Å². The van der Waals surface area contributed by atoms with Crippen LogP contribution in [0.15, 0.2) is 24.3 Å². The third kappa shape index (κ3) is 6.82. The SMILES string of the molecule is N=C/C=C\C/C=C\C=N. The van der Waals surface area contributed by atoms with Crippen LogP contribution in [0.5, 0.6) is 0 Å². The van der Waals surface area contributed by atoms with Gasteiger partial charge in [0, 0.05) is 12.4 Å². The first-order valence-electron chi connectivity index (χ1n) is 2.73. The molecule has 0 aliphatic carbocycles. The highest BCUT2D eigenvalue weighted by atomic mass is 14.3. The number of rotatable bonds is 4. The molecule has 2 heteroatoms. The fraction of sp³-hybridized carbons (Fsp3) is 0.143. The Morgan fingerprint density at radius 2 is 1.33 bits per heavy atom. The Labute approximate surface area is 54.9 Å². The first-order valence-corrected chi connectivity index (χ1v) is 2.73. The molecule has 0 heterocycles. The molecule has 0 amide bonds. The van der Waals surface area contributed by atoms with Gasteiger partial charge in [0.1, 0.15) is 0 Å². The van der Waals surface area contributed by atoms with Crippen molar-refractivity contribution in [2.75, 3.05) is 0 Å². The molecule has 0 unspecified atom stereocenters. The van der Waals surface area contributed by atoms with Crippen molar-refractivity contribution in [3.63, 3.8) is 0 Å². The predicted octanol–water partition coefficient (Wildman–Crippen LogP) is 1.79. The summed E-state index contributed by atoms with van der Waals surface area (Å²) in [4.78, 5) is 0. The summed E-state index contributed by atoms with van der Waals surface area (Å²) < 4.78 is 0. The van der Waals surface area contributed by atoms with Crippen molar-refractivity contribution >= 4 is 12.4 Å². The van der Waals surface area contributed by atoms with Crippen molar-refractivity contribution in [3.8, 4) is 0 Å². The van der Waals surface area contributed by atoms with Crippen LogP contribution in [0.1, 0.15) is 6.42 Å². The van der Waals surface area contributed by atoms with Crippen molar-refractivity contribution in [2.45, 2.75) is 6.42 Å². The Balaban J connectivity index is 3.27. The summed E-state index contributed by atoms with van der Waals surface area (Å²) in [5.74, 6) is 0. The lowest BCUT2D eigenvalue weighted by Crippen LogP contribution is -1.61. The Bertz CT molecular complexity index is 118. The van der Waals surface area contributed by atoms with Crippen LogP contribution in [-0.2, 0) is 0 Å². The zero-order valence-corrected chi connectivity index (χ0v) is 5.17. The van der Waals surface area contributed by atoms with Crippen LogP contribution in [0.4, 0.5) is 0 Å². The highest BCUT2D eigenvalue weighted by Crippen LogP contribution is 1.81. The van der Waals surface area contributed by atoms with E-state index in [1.807, 2.05) is 12.2 Å². The molecule has 2 N–H and O–H groups in total. The molecule has 0 aromatic rings. The van der Waals surface area contributed by atoms with E-state index in [2.05, 4.69) is 0 Å². The Morgan fingerprint density at radius 1 is 0.889 bits per heavy atom. The van der Waals surface area contributed by atoms with Gasteiger partial charge in [-0.15, -0.1) is 0 Å². The third-order valence-electron chi connectivity index (χ3n) is 0.737. The molecule has 48 valence electrons. The molecule has 0 aromatic carbocycles.